The standard InChI is InChI=1S/C36H60O2Si2/c1-9-35(37-39(3,4)5)33-31-29-27-25-23-21-19-17-15-13-11-12-14-16-18-20-22-24-26-28-30-32-34-36(10-2)38-40(6,7)8/h1-2,11-12,15,17,32,34-36H,13-14,19-31,33H2,3-8H3/b12-11-,17-15-,34-32+. The van der Waals surface area contributed by atoms with Gasteiger partial charge in [0.1, 0.15) is 12.2 Å². The highest BCUT2D eigenvalue weighted by Gasteiger charge is 2.19. The second-order valence-corrected chi connectivity index (χ2v) is 21.4. The van der Waals surface area contributed by atoms with Crippen molar-refractivity contribution in [3.05, 3.63) is 36.5 Å². The fraction of sp³-hybridized carbons (Fsp3) is 0.667. The van der Waals surface area contributed by atoms with E-state index in [9.17, 15) is 0 Å². The van der Waals surface area contributed by atoms with Gasteiger partial charge in [-0.05, 0) is 96.7 Å². The quantitative estimate of drug-likeness (QED) is 0.0518. The Hall–Kier alpha value is -1.75. The van der Waals surface area contributed by atoms with Crippen molar-refractivity contribution in [2.24, 2.45) is 0 Å². The molecule has 0 bridgehead atoms. The summed E-state index contributed by atoms with van der Waals surface area (Å²) in [6.07, 6.45) is 43.0. The second-order valence-electron chi connectivity index (χ2n) is 12.5. The monoisotopic (exact) mass is 580 g/mol. The highest BCUT2D eigenvalue weighted by atomic mass is 28.4. The molecule has 40 heavy (non-hydrogen) atoms. The van der Waals surface area contributed by atoms with E-state index in [2.05, 4.69) is 93.3 Å². The van der Waals surface area contributed by atoms with Crippen molar-refractivity contribution in [1.82, 2.24) is 0 Å². The van der Waals surface area contributed by atoms with Crippen LogP contribution in [0.4, 0.5) is 0 Å². The molecule has 224 valence electrons. The molecule has 0 N–H and O–H groups in total. The fourth-order valence-electron chi connectivity index (χ4n) is 4.15. The zero-order valence-electron chi connectivity index (χ0n) is 26.9. The molecule has 0 saturated heterocycles. The molecule has 2 atom stereocenters. The van der Waals surface area contributed by atoms with Crippen molar-refractivity contribution in [2.45, 2.75) is 154 Å². The van der Waals surface area contributed by atoms with E-state index < -0.39 is 16.6 Å². The molecule has 0 heterocycles. The summed E-state index contributed by atoms with van der Waals surface area (Å²) >= 11 is 0. The third-order valence-electron chi connectivity index (χ3n) is 6.10. The molecular weight excluding hydrogens is 521 g/mol. The molecule has 0 saturated carbocycles. The van der Waals surface area contributed by atoms with Crippen LogP contribution in [0.3, 0.4) is 0 Å². The molecule has 0 aliphatic carbocycles. The maximum absolute atomic E-state index is 6.03. The minimum atomic E-state index is -1.59. The van der Waals surface area contributed by atoms with E-state index in [0.717, 1.165) is 32.1 Å². The maximum atomic E-state index is 6.03. The molecule has 0 fully saturated rings. The van der Waals surface area contributed by atoms with Crippen LogP contribution in [0.15, 0.2) is 36.5 Å². The summed E-state index contributed by atoms with van der Waals surface area (Å²) in [7, 11) is -3.12. The van der Waals surface area contributed by atoms with Gasteiger partial charge in [0.15, 0.2) is 16.6 Å². The largest absolute Gasteiger partial charge is 0.404 e. The lowest BCUT2D eigenvalue weighted by Gasteiger charge is -2.22. The first kappa shape index (κ1) is 38.3. The van der Waals surface area contributed by atoms with Crippen LogP contribution in [0.1, 0.15) is 103 Å². The Balaban J connectivity index is 3.57. The van der Waals surface area contributed by atoms with Gasteiger partial charge in [-0.3, -0.25) is 0 Å². The SMILES string of the molecule is C#CC(/C=C/CCCCCCC#CC/C=C\C/C=C\CCCCCCCCC(C#C)O[Si](C)(C)C)O[Si](C)(C)C. The summed E-state index contributed by atoms with van der Waals surface area (Å²) in [5.74, 6) is 12.1. The Bertz CT molecular complexity index is 847. The summed E-state index contributed by atoms with van der Waals surface area (Å²) < 4.78 is 12.0. The lowest BCUT2D eigenvalue weighted by Crippen LogP contribution is -2.31. The third kappa shape index (κ3) is 29.2. The minimum absolute atomic E-state index is 0.0155. The smallest absolute Gasteiger partial charge is 0.185 e. The van der Waals surface area contributed by atoms with Gasteiger partial charge in [0.05, 0.1) is 0 Å². The molecule has 0 aromatic carbocycles. The van der Waals surface area contributed by atoms with E-state index in [1.807, 2.05) is 6.08 Å². The summed E-state index contributed by atoms with van der Waals surface area (Å²) in [6, 6.07) is 0. The van der Waals surface area contributed by atoms with E-state index in [1.165, 1.54) is 70.6 Å². The molecule has 0 aromatic rings. The predicted octanol–water partition coefficient (Wildman–Crippen LogP) is 10.6. The van der Waals surface area contributed by atoms with Crippen LogP contribution in [0.5, 0.6) is 0 Å². The van der Waals surface area contributed by atoms with Gasteiger partial charge in [0.25, 0.3) is 0 Å². The van der Waals surface area contributed by atoms with Crippen LogP contribution in [0, 0.1) is 36.5 Å². The first-order chi connectivity index (χ1) is 19.1. The van der Waals surface area contributed by atoms with Gasteiger partial charge in [0, 0.05) is 12.8 Å². The first-order valence-corrected chi connectivity index (χ1v) is 22.6. The van der Waals surface area contributed by atoms with Gasteiger partial charge >= 0.3 is 0 Å². The summed E-state index contributed by atoms with van der Waals surface area (Å²) in [6.45, 7) is 13.1. The highest BCUT2D eigenvalue weighted by Crippen LogP contribution is 2.15. The summed E-state index contributed by atoms with van der Waals surface area (Å²) in [5.41, 5.74) is 0. The molecular formula is C36H60O2Si2. The van der Waals surface area contributed by atoms with E-state index >= 15 is 0 Å². The van der Waals surface area contributed by atoms with Crippen molar-refractivity contribution >= 4 is 16.6 Å². The topological polar surface area (TPSA) is 18.5 Å². The average molecular weight is 581 g/mol. The number of allylic oxidation sites excluding steroid dienone is 5. The molecule has 0 aromatic heterocycles. The Labute approximate surface area is 252 Å². The van der Waals surface area contributed by atoms with Crippen molar-refractivity contribution in [2.75, 3.05) is 0 Å². The fourth-order valence-corrected chi connectivity index (χ4v) is 6.10. The van der Waals surface area contributed by atoms with Crippen LogP contribution in [-0.2, 0) is 8.85 Å². The summed E-state index contributed by atoms with van der Waals surface area (Å²) in [4.78, 5) is 0. The van der Waals surface area contributed by atoms with Crippen LogP contribution < -0.4 is 0 Å². The second kappa shape index (κ2) is 25.0. The van der Waals surface area contributed by atoms with E-state index in [0.29, 0.717) is 0 Å². The van der Waals surface area contributed by atoms with Crippen LogP contribution in [0.25, 0.3) is 0 Å². The lowest BCUT2D eigenvalue weighted by molar-refractivity contribution is 0.235. The lowest BCUT2D eigenvalue weighted by atomic mass is 10.1. The highest BCUT2D eigenvalue weighted by molar-refractivity contribution is 6.70. The van der Waals surface area contributed by atoms with Crippen LogP contribution in [-0.4, -0.2) is 28.8 Å². The van der Waals surface area contributed by atoms with Crippen LogP contribution in [0.2, 0.25) is 39.3 Å². The predicted molar refractivity (Wildman–Crippen MR) is 183 cm³/mol. The molecule has 0 amide bonds. The van der Waals surface area contributed by atoms with Gasteiger partial charge in [-0.15, -0.1) is 18.8 Å². The van der Waals surface area contributed by atoms with Crippen LogP contribution >= 0.6 is 0 Å². The molecule has 0 aliphatic rings. The molecule has 2 nitrogen and oxygen atoms in total. The Morgan fingerprint density at radius 1 is 0.600 bits per heavy atom. The molecule has 2 unspecified atom stereocenters. The number of unbranched alkanes of at least 4 members (excludes halogenated alkanes) is 11. The number of hydrogen-bond donors (Lipinski definition) is 0. The van der Waals surface area contributed by atoms with Crippen molar-refractivity contribution in [3.8, 4) is 36.5 Å². The number of hydrogen-bond acceptors (Lipinski definition) is 2. The number of terminal acetylenes is 2. The Morgan fingerprint density at radius 3 is 1.80 bits per heavy atom. The zero-order valence-corrected chi connectivity index (χ0v) is 28.9. The molecule has 0 aliphatic heterocycles. The van der Waals surface area contributed by atoms with E-state index in [1.54, 1.807) is 0 Å². The van der Waals surface area contributed by atoms with Crippen molar-refractivity contribution < 1.29 is 8.85 Å². The molecule has 4 heteroatoms. The number of rotatable bonds is 23. The maximum Gasteiger partial charge on any atom is 0.185 e. The Kier molecular flexibility index (Phi) is 23.9. The zero-order chi connectivity index (χ0) is 30.0. The van der Waals surface area contributed by atoms with Crippen molar-refractivity contribution in [3.63, 3.8) is 0 Å². The molecule has 0 spiro atoms. The van der Waals surface area contributed by atoms with E-state index in [-0.39, 0.29) is 12.2 Å². The normalized spacial score (nSPS) is 13.8. The average Bonchev–Trinajstić information content (AvgIpc) is 2.88. The molecule has 0 rings (SSSR count). The van der Waals surface area contributed by atoms with Gasteiger partial charge in [-0.25, -0.2) is 0 Å². The van der Waals surface area contributed by atoms with E-state index in [4.69, 9.17) is 21.7 Å². The molecule has 0 radical (unpaired) electrons. The van der Waals surface area contributed by atoms with Crippen molar-refractivity contribution in [1.29, 1.82) is 0 Å². The van der Waals surface area contributed by atoms with Gasteiger partial charge < -0.3 is 8.85 Å². The van der Waals surface area contributed by atoms with Gasteiger partial charge in [0.2, 0.25) is 0 Å². The summed E-state index contributed by atoms with van der Waals surface area (Å²) in [5, 5.41) is 0. The van der Waals surface area contributed by atoms with Gasteiger partial charge in [-0.1, -0.05) is 86.7 Å². The van der Waals surface area contributed by atoms with Gasteiger partial charge in [-0.2, -0.15) is 0 Å². The Morgan fingerprint density at radius 2 is 1.18 bits per heavy atom. The minimum Gasteiger partial charge on any atom is -0.404 e. The third-order valence-corrected chi connectivity index (χ3v) is 8.05. The first-order valence-electron chi connectivity index (χ1n) is 15.8.